The molecule has 0 spiro atoms. The maximum Gasteiger partial charge on any atom is 0.456 e. The summed E-state index contributed by atoms with van der Waals surface area (Å²) in [4.78, 5) is 0. The average molecular weight is 114 g/mol. The highest BCUT2D eigenvalue weighted by atomic mass is 16.6. The minimum Gasteiger partial charge on any atom is -0.409 e. The van der Waals surface area contributed by atoms with Gasteiger partial charge >= 0.3 is 7.12 Å². The molecule has 0 amide bonds. The van der Waals surface area contributed by atoms with E-state index in [4.69, 9.17) is 9.31 Å². The minimum absolute atomic E-state index is 0.111. The molecule has 0 saturated carbocycles. The van der Waals surface area contributed by atoms with Crippen molar-refractivity contribution in [2.24, 2.45) is 0 Å². The van der Waals surface area contributed by atoms with Gasteiger partial charge in [-0.1, -0.05) is 13.3 Å². The molecule has 46 valence electrons. The Morgan fingerprint density at radius 2 is 2.00 bits per heavy atom. The van der Waals surface area contributed by atoms with Crippen LogP contribution < -0.4 is 0 Å². The van der Waals surface area contributed by atoms with Crippen LogP contribution in [-0.4, -0.2) is 20.3 Å². The summed E-state index contributed by atoms with van der Waals surface area (Å²) in [5, 5.41) is 0. The summed E-state index contributed by atoms with van der Waals surface area (Å²) in [6.07, 6.45) is 2.19. The monoisotopic (exact) mass is 114 g/mol. The van der Waals surface area contributed by atoms with E-state index in [1.807, 2.05) is 0 Å². The van der Waals surface area contributed by atoms with Crippen molar-refractivity contribution >= 4 is 7.12 Å². The molecule has 0 aliphatic carbocycles. The topological polar surface area (TPSA) is 18.5 Å². The molecule has 1 fully saturated rings. The van der Waals surface area contributed by atoms with Crippen LogP contribution in [0.2, 0.25) is 6.32 Å². The quantitative estimate of drug-likeness (QED) is 0.497. The molecule has 2 nitrogen and oxygen atoms in total. The highest BCUT2D eigenvalue weighted by molar-refractivity contribution is 6.44. The second-order valence-electron chi connectivity index (χ2n) is 1.96. The fourth-order valence-electron chi connectivity index (χ4n) is 0.810. The average Bonchev–Trinajstić information content (AvgIpc) is 2.19. The Morgan fingerprint density at radius 1 is 1.38 bits per heavy atom. The smallest absolute Gasteiger partial charge is 0.409 e. The first-order valence-corrected chi connectivity index (χ1v) is 3.16. The summed E-state index contributed by atoms with van der Waals surface area (Å²) in [7, 11) is 0.111. The van der Waals surface area contributed by atoms with Crippen molar-refractivity contribution in [3.63, 3.8) is 0 Å². The molecular weight excluding hydrogens is 103 g/mol. The summed E-state index contributed by atoms with van der Waals surface area (Å²) in [5.74, 6) is 0. The fourth-order valence-corrected chi connectivity index (χ4v) is 0.810. The Hall–Kier alpha value is -0.0151. The van der Waals surface area contributed by atoms with Crippen LogP contribution in [-0.2, 0) is 9.31 Å². The van der Waals surface area contributed by atoms with E-state index in [0.29, 0.717) is 0 Å². The normalized spacial score (nSPS) is 19.9. The van der Waals surface area contributed by atoms with Gasteiger partial charge in [-0.2, -0.15) is 0 Å². The zero-order chi connectivity index (χ0) is 5.82. The Bertz CT molecular complexity index is 61.4. The zero-order valence-electron chi connectivity index (χ0n) is 5.22. The molecular formula is C5H11BO2. The molecule has 1 aliphatic heterocycles. The summed E-state index contributed by atoms with van der Waals surface area (Å²) in [6, 6.07) is 0. The fraction of sp³-hybridized carbons (Fsp3) is 1.00. The van der Waals surface area contributed by atoms with Gasteiger partial charge < -0.3 is 9.31 Å². The van der Waals surface area contributed by atoms with Gasteiger partial charge in [0.1, 0.15) is 0 Å². The molecule has 0 aromatic heterocycles. The van der Waals surface area contributed by atoms with Gasteiger partial charge in [0.25, 0.3) is 0 Å². The van der Waals surface area contributed by atoms with Crippen molar-refractivity contribution < 1.29 is 9.31 Å². The lowest BCUT2D eigenvalue weighted by atomic mass is 9.84. The van der Waals surface area contributed by atoms with Crippen LogP contribution in [0.15, 0.2) is 0 Å². The van der Waals surface area contributed by atoms with Gasteiger partial charge in [-0.05, 0) is 6.32 Å². The first kappa shape index (κ1) is 6.11. The molecule has 8 heavy (non-hydrogen) atoms. The number of rotatable bonds is 2. The predicted octanol–water partition coefficient (Wildman–Crippen LogP) is 0.931. The molecule has 1 aliphatic rings. The van der Waals surface area contributed by atoms with E-state index in [1.54, 1.807) is 0 Å². The molecule has 1 saturated heterocycles. The molecule has 0 aromatic carbocycles. The van der Waals surface area contributed by atoms with Gasteiger partial charge in [-0.15, -0.1) is 0 Å². The van der Waals surface area contributed by atoms with Gasteiger partial charge in [0, 0.05) is 0 Å². The van der Waals surface area contributed by atoms with E-state index in [-0.39, 0.29) is 7.12 Å². The predicted molar refractivity (Wildman–Crippen MR) is 32.8 cm³/mol. The lowest BCUT2D eigenvalue weighted by Gasteiger charge is -1.97. The highest BCUT2D eigenvalue weighted by Crippen LogP contribution is 2.05. The zero-order valence-corrected chi connectivity index (χ0v) is 5.22. The van der Waals surface area contributed by atoms with Crippen LogP contribution in [0.1, 0.15) is 13.3 Å². The maximum absolute atomic E-state index is 5.17. The van der Waals surface area contributed by atoms with Crippen molar-refractivity contribution in [2.45, 2.75) is 19.7 Å². The van der Waals surface area contributed by atoms with E-state index in [2.05, 4.69) is 6.92 Å². The summed E-state index contributed by atoms with van der Waals surface area (Å²) < 4.78 is 10.3. The van der Waals surface area contributed by atoms with E-state index < -0.39 is 0 Å². The molecule has 0 aromatic rings. The Balaban J connectivity index is 2.06. The molecule has 0 radical (unpaired) electrons. The third kappa shape index (κ3) is 1.49. The van der Waals surface area contributed by atoms with E-state index in [0.717, 1.165) is 26.0 Å². The van der Waals surface area contributed by atoms with Crippen LogP contribution >= 0.6 is 0 Å². The lowest BCUT2D eigenvalue weighted by molar-refractivity contribution is 0.365. The van der Waals surface area contributed by atoms with E-state index >= 15 is 0 Å². The van der Waals surface area contributed by atoms with Gasteiger partial charge in [-0.25, -0.2) is 0 Å². The molecule has 0 unspecified atom stereocenters. The minimum atomic E-state index is 0.111. The van der Waals surface area contributed by atoms with Gasteiger partial charge in [0.15, 0.2) is 0 Å². The number of hydrogen-bond acceptors (Lipinski definition) is 2. The van der Waals surface area contributed by atoms with Gasteiger partial charge in [0.05, 0.1) is 13.2 Å². The maximum atomic E-state index is 5.17. The molecule has 0 bridgehead atoms. The van der Waals surface area contributed by atoms with Crippen LogP contribution in [0.4, 0.5) is 0 Å². The van der Waals surface area contributed by atoms with Crippen LogP contribution in [0.5, 0.6) is 0 Å². The summed E-state index contributed by atoms with van der Waals surface area (Å²) in [5.41, 5.74) is 0. The standard InChI is InChI=1S/C5H11BO2/c1-2-3-6-7-4-5-8-6/h2-5H2,1H3. The van der Waals surface area contributed by atoms with Crippen LogP contribution in [0.3, 0.4) is 0 Å². The first-order chi connectivity index (χ1) is 3.93. The second-order valence-corrected chi connectivity index (χ2v) is 1.96. The van der Waals surface area contributed by atoms with Crippen LogP contribution in [0, 0.1) is 0 Å². The largest absolute Gasteiger partial charge is 0.456 e. The molecule has 3 heteroatoms. The molecule has 0 atom stereocenters. The Labute approximate surface area is 50.3 Å². The molecule has 1 rings (SSSR count). The lowest BCUT2D eigenvalue weighted by Crippen LogP contribution is -2.12. The van der Waals surface area contributed by atoms with Crippen molar-refractivity contribution in [3.8, 4) is 0 Å². The van der Waals surface area contributed by atoms with E-state index in [1.165, 1.54) is 0 Å². The van der Waals surface area contributed by atoms with Crippen molar-refractivity contribution in [3.05, 3.63) is 0 Å². The third-order valence-corrected chi connectivity index (χ3v) is 1.22. The SMILES string of the molecule is CCCB1OCCO1. The Morgan fingerprint density at radius 3 is 2.50 bits per heavy atom. The number of hydrogen-bond donors (Lipinski definition) is 0. The van der Waals surface area contributed by atoms with Crippen molar-refractivity contribution in [2.75, 3.05) is 13.2 Å². The van der Waals surface area contributed by atoms with Crippen molar-refractivity contribution in [1.82, 2.24) is 0 Å². The van der Waals surface area contributed by atoms with Gasteiger partial charge in [0.2, 0.25) is 0 Å². The first-order valence-electron chi connectivity index (χ1n) is 3.16. The van der Waals surface area contributed by atoms with Crippen LogP contribution in [0.25, 0.3) is 0 Å². The highest BCUT2D eigenvalue weighted by Gasteiger charge is 2.21. The Kier molecular flexibility index (Phi) is 2.37. The van der Waals surface area contributed by atoms with E-state index in [9.17, 15) is 0 Å². The third-order valence-electron chi connectivity index (χ3n) is 1.22. The second kappa shape index (κ2) is 3.10. The summed E-state index contributed by atoms with van der Waals surface area (Å²) >= 11 is 0. The summed E-state index contributed by atoms with van der Waals surface area (Å²) in [6.45, 7) is 3.69. The molecule has 0 N–H and O–H groups in total. The van der Waals surface area contributed by atoms with Crippen molar-refractivity contribution in [1.29, 1.82) is 0 Å². The van der Waals surface area contributed by atoms with Gasteiger partial charge in [-0.3, -0.25) is 0 Å². The molecule has 1 heterocycles.